The quantitative estimate of drug-likeness (QED) is 0.222. The summed E-state index contributed by atoms with van der Waals surface area (Å²) in [6, 6.07) is 2.66. The molecule has 2 saturated heterocycles. The zero-order valence-corrected chi connectivity index (χ0v) is 23.7. The molecule has 37 heavy (non-hydrogen) atoms. The highest BCUT2D eigenvalue weighted by atomic mass is 32.2. The molecule has 3 rings (SSSR count). The van der Waals surface area contributed by atoms with E-state index < -0.39 is 35.4 Å². The lowest BCUT2D eigenvalue weighted by Crippen LogP contribution is -2.41. The van der Waals surface area contributed by atoms with E-state index in [1.807, 2.05) is 55.4 Å². The number of carbonyl (C=O) groups excluding carboxylic acids is 1. The fourth-order valence-corrected chi connectivity index (χ4v) is 3.97. The van der Waals surface area contributed by atoms with Gasteiger partial charge in [0.25, 0.3) is 0 Å². The van der Waals surface area contributed by atoms with Gasteiger partial charge in [-0.3, -0.25) is 4.79 Å². The molecular formula is C23H35B2F3O8S. The van der Waals surface area contributed by atoms with Crippen LogP contribution in [0.4, 0.5) is 13.2 Å². The normalized spacial score (nSPS) is 21.9. The molecule has 14 heteroatoms. The summed E-state index contributed by atoms with van der Waals surface area (Å²) in [6.45, 7) is 19.4. The van der Waals surface area contributed by atoms with Crippen LogP contribution in [0.3, 0.4) is 0 Å². The highest BCUT2D eigenvalue weighted by molar-refractivity contribution is 7.88. The van der Waals surface area contributed by atoms with Gasteiger partial charge in [0.2, 0.25) is 0 Å². The lowest BCUT2D eigenvalue weighted by atomic mass is 9.49. The molecular weight excluding hydrogens is 515 g/mol. The van der Waals surface area contributed by atoms with Crippen LogP contribution in [0.1, 0.15) is 83.8 Å². The van der Waals surface area contributed by atoms with Crippen molar-refractivity contribution in [1.82, 2.24) is 0 Å². The smallest absolute Gasteiger partial charge is 0.405 e. The summed E-state index contributed by atoms with van der Waals surface area (Å²) in [6.07, 6.45) is 0.637. The van der Waals surface area contributed by atoms with Gasteiger partial charge < -0.3 is 22.8 Å². The Balaban J connectivity index is 0.000000260. The Bertz CT molecular complexity index is 1050. The fourth-order valence-electron chi connectivity index (χ4n) is 3.50. The van der Waals surface area contributed by atoms with Gasteiger partial charge in [-0.1, -0.05) is 13.0 Å². The number of aldehydes is 1. The predicted molar refractivity (Wildman–Crippen MR) is 134 cm³/mol. The van der Waals surface area contributed by atoms with E-state index in [0.717, 1.165) is 6.07 Å². The molecule has 0 aliphatic carbocycles. The molecule has 0 saturated carbocycles. The van der Waals surface area contributed by atoms with Crippen molar-refractivity contribution in [3.05, 3.63) is 28.8 Å². The van der Waals surface area contributed by atoms with Gasteiger partial charge in [-0.15, -0.1) is 0 Å². The Morgan fingerprint density at radius 1 is 0.865 bits per heavy atom. The predicted octanol–water partition coefficient (Wildman–Crippen LogP) is 4.85. The average Bonchev–Trinajstić information content (AvgIpc) is 3.06. The molecule has 1 aromatic carbocycles. The Hall–Kier alpha value is -1.60. The zero-order chi connectivity index (χ0) is 28.8. The maximum Gasteiger partial charge on any atom is 0.534 e. The summed E-state index contributed by atoms with van der Waals surface area (Å²) in [5.74, 6) is -0.607. The molecule has 0 bridgehead atoms. The SMILES string of the molecule is CC1(C)OB(B2OC(C)(C)C(C)(C)O2)OC1(C)C.CCc1cc(C)cc(OS(=O)(=O)C(F)(F)F)c1C=O. The zero-order valence-electron chi connectivity index (χ0n) is 22.9. The number of carbonyl (C=O) groups is 1. The molecule has 0 aromatic heterocycles. The molecule has 0 atom stereocenters. The largest absolute Gasteiger partial charge is 0.534 e. The van der Waals surface area contributed by atoms with Gasteiger partial charge in [0.1, 0.15) is 0 Å². The van der Waals surface area contributed by atoms with Crippen LogP contribution in [0.15, 0.2) is 12.1 Å². The van der Waals surface area contributed by atoms with E-state index in [0.29, 0.717) is 17.5 Å². The van der Waals surface area contributed by atoms with Crippen molar-refractivity contribution in [3.63, 3.8) is 0 Å². The van der Waals surface area contributed by atoms with Crippen LogP contribution < -0.4 is 4.18 Å². The van der Waals surface area contributed by atoms with Crippen LogP contribution in [0.25, 0.3) is 0 Å². The van der Waals surface area contributed by atoms with E-state index in [4.69, 9.17) is 18.6 Å². The molecule has 2 aliphatic heterocycles. The van der Waals surface area contributed by atoms with Crippen molar-refractivity contribution in [2.75, 3.05) is 0 Å². The second-order valence-corrected chi connectivity index (χ2v) is 12.6. The molecule has 2 fully saturated rings. The molecule has 2 heterocycles. The van der Waals surface area contributed by atoms with Crippen LogP contribution in [0.5, 0.6) is 5.75 Å². The van der Waals surface area contributed by atoms with Crippen LogP contribution in [-0.4, -0.2) is 56.6 Å². The summed E-state index contributed by atoms with van der Waals surface area (Å²) in [7, 11) is -6.74. The number of hydrogen-bond acceptors (Lipinski definition) is 8. The maximum atomic E-state index is 12.2. The van der Waals surface area contributed by atoms with Crippen LogP contribution in [0.2, 0.25) is 0 Å². The summed E-state index contributed by atoms with van der Waals surface area (Å²) in [5, 5.41) is 0. The van der Waals surface area contributed by atoms with Gasteiger partial charge >= 0.3 is 29.6 Å². The minimum absolute atomic E-state index is 0.194. The van der Waals surface area contributed by atoms with E-state index in [1.54, 1.807) is 19.9 Å². The first kappa shape index (κ1) is 31.6. The first-order valence-electron chi connectivity index (χ1n) is 11.8. The number of hydrogen-bond donors (Lipinski definition) is 0. The molecule has 8 nitrogen and oxygen atoms in total. The monoisotopic (exact) mass is 550 g/mol. The van der Waals surface area contributed by atoms with E-state index in [2.05, 4.69) is 4.18 Å². The lowest BCUT2D eigenvalue weighted by Gasteiger charge is -2.32. The van der Waals surface area contributed by atoms with Gasteiger partial charge in [-0.05, 0) is 85.9 Å². The van der Waals surface area contributed by atoms with E-state index in [9.17, 15) is 26.4 Å². The molecule has 2 aliphatic rings. The Morgan fingerprint density at radius 3 is 1.54 bits per heavy atom. The first-order chi connectivity index (χ1) is 16.5. The van der Waals surface area contributed by atoms with E-state index in [-0.39, 0.29) is 34.3 Å². The van der Waals surface area contributed by atoms with Crippen LogP contribution in [0, 0.1) is 6.92 Å². The van der Waals surface area contributed by atoms with Crippen molar-refractivity contribution < 1.29 is 49.2 Å². The Kier molecular flexibility index (Phi) is 8.70. The van der Waals surface area contributed by atoms with Gasteiger partial charge in [0.15, 0.2) is 12.0 Å². The topological polar surface area (TPSA) is 97.4 Å². The van der Waals surface area contributed by atoms with E-state index >= 15 is 0 Å². The maximum absolute atomic E-state index is 12.2. The van der Waals surface area contributed by atoms with Crippen molar-refractivity contribution in [2.24, 2.45) is 0 Å². The Morgan fingerprint density at radius 2 is 1.24 bits per heavy atom. The molecule has 0 unspecified atom stereocenters. The second kappa shape index (κ2) is 10.2. The van der Waals surface area contributed by atoms with Crippen molar-refractivity contribution >= 4 is 30.4 Å². The number of rotatable bonds is 5. The van der Waals surface area contributed by atoms with Crippen LogP contribution >= 0.6 is 0 Å². The molecule has 0 N–H and O–H groups in total. The Labute approximate surface area is 217 Å². The van der Waals surface area contributed by atoms with Gasteiger partial charge in [-0.2, -0.15) is 21.6 Å². The molecule has 1 aromatic rings. The molecule has 0 spiro atoms. The van der Waals surface area contributed by atoms with Gasteiger partial charge in [0.05, 0.1) is 28.0 Å². The fraction of sp³-hybridized carbons (Fsp3) is 0.696. The first-order valence-corrected chi connectivity index (χ1v) is 13.2. The lowest BCUT2D eigenvalue weighted by molar-refractivity contribution is -0.0500. The van der Waals surface area contributed by atoms with E-state index in [1.165, 1.54) is 0 Å². The third-order valence-electron chi connectivity index (χ3n) is 7.12. The van der Waals surface area contributed by atoms with Crippen molar-refractivity contribution in [2.45, 2.75) is 104 Å². The summed E-state index contributed by atoms with van der Waals surface area (Å²) in [4.78, 5) is 10.9. The van der Waals surface area contributed by atoms with Gasteiger partial charge in [0, 0.05) is 0 Å². The number of aryl methyl sites for hydroxylation is 2. The van der Waals surface area contributed by atoms with Crippen molar-refractivity contribution in [1.29, 1.82) is 0 Å². The third kappa shape index (κ3) is 6.52. The van der Waals surface area contributed by atoms with Crippen molar-refractivity contribution in [3.8, 4) is 5.75 Å². The standard InChI is InChI=1S/C12H24B2O4.C11H11F3O4S/c1-9(2)10(3,4)16-13(15-9)14-17-11(5,6)12(7,8)18-14;1-3-8-4-7(2)5-10(9(8)6-15)18-19(16,17)11(12,13)14/h1-8H3;4-6H,3H2,1-2H3. The number of alkyl halides is 3. The van der Waals surface area contributed by atoms with Gasteiger partial charge in [-0.25, -0.2) is 0 Å². The summed E-state index contributed by atoms with van der Waals surface area (Å²) in [5.41, 5.74) is -6.26. The minimum atomic E-state index is -5.78. The third-order valence-corrected chi connectivity index (χ3v) is 8.08. The summed E-state index contributed by atoms with van der Waals surface area (Å²) >= 11 is 0. The average molecular weight is 550 g/mol. The minimum Gasteiger partial charge on any atom is -0.405 e. The molecule has 0 amide bonds. The number of benzene rings is 1. The summed E-state index contributed by atoms with van der Waals surface area (Å²) < 4.78 is 86.5. The highest BCUT2D eigenvalue weighted by Gasteiger charge is 2.63. The second-order valence-electron chi connectivity index (χ2n) is 11.0. The highest BCUT2D eigenvalue weighted by Crippen LogP contribution is 2.43. The van der Waals surface area contributed by atoms with Crippen LogP contribution in [-0.2, 0) is 35.2 Å². The molecule has 0 radical (unpaired) electrons. The number of halogens is 3. The molecule has 208 valence electrons.